The normalized spacial score (nSPS) is 13.1. The predicted octanol–water partition coefficient (Wildman–Crippen LogP) is 3.58. The van der Waals surface area contributed by atoms with Gasteiger partial charge >= 0.3 is 0 Å². The van der Waals surface area contributed by atoms with Crippen molar-refractivity contribution in [2.45, 2.75) is 18.0 Å². The number of aromatic amines is 1. The third-order valence-electron chi connectivity index (χ3n) is 4.93. The molecule has 5 rings (SSSR count). The molecule has 0 atom stereocenters. The van der Waals surface area contributed by atoms with Crippen LogP contribution in [0.2, 0.25) is 0 Å². The Morgan fingerprint density at radius 1 is 1.00 bits per heavy atom. The number of nitrogens with one attached hydrogen (secondary N) is 1. The van der Waals surface area contributed by atoms with E-state index in [-0.39, 0.29) is 5.91 Å². The molecule has 6 nitrogen and oxygen atoms in total. The molecule has 1 aliphatic rings. The van der Waals surface area contributed by atoms with E-state index in [0.29, 0.717) is 17.9 Å². The Labute approximate surface area is 166 Å². The zero-order valence-electron chi connectivity index (χ0n) is 15.0. The molecule has 0 radical (unpaired) electrons. The quantitative estimate of drug-likeness (QED) is 0.430. The van der Waals surface area contributed by atoms with E-state index in [1.54, 1.807) is 6.33 Å². The monoisotopic (exact) mass is 387 g/mol. The van der Waals surface area contributed by atoms with Crippen molar-refractivity contribution in [2.24, 2.45) is 0 Å². The summed E-state index contributed by atoms with van der Waals surface area (Å²) in [5, 5.41) is 0.736. The number of carbonyl (C=O) groups is 1. The van der Waals surface area contributed by atoms with Gasteiger partial charge < -0.3 is 9.88 Å². The third-order valence-corrected chi connectivity index (χ3v) is 5.91. The van der Waals surface area contributed by atoms with E-state index < -0.39 is 0 Å². The van der Waals surface area contributed by atoms with Gasteiger partial charge in [0.05, 0.1) is 18.6 Å². The fourth-order valence-electron chi connectivity index (χ4n) is 3.55. The van der Waals surface area contributed by atoms with Crippen LogP contribution in [-0.4, -0.2) is 31.6 Å². The number of benzene rings is 2. The highest BCUT2D eigenvalue weighted by Gasteiger charge is 2.24. The highest BCUT2D eigenvalue weighted by Crippen LogP contribution is 2.31. The van der Waals surface area contributed by atoms with E-state index in [0.717, 1.165) is 22.7 Å². The number of aromatic nitrogens is 4. The summed E-state index contributed by atoms with van der Waals surface area (Å²) in [6.45, 7) is 0.579. The Balaban J connectivity index is 1.44. The number of nitrogens with zero attached hydrogens (tertiary/aromatic N) is 4. The second kappa shape index (κ2) is 7.09. The Bertz CT molecular complexity index is 1170. The molecule has 0 fully saturated rings. The molecule has 0 aliphatic carbocycles. The van der Waals surface area contributed by atoms with Gasteiger partial charge in [0.25, 0.3) is 0 Å². The van der Waals surface area contributed by atoms with E-state index in [1.165, 1.54) is 34.8 Å². The molecule has 3 heterocycles. The van der Waals surface area contributed by atoms with E-state index in [2.05, 4.69) is 44.2 Å². The first-order chi connectivity index (χ1) is 13.8. The van der Waals surface area contributed by atoms with Crippen LogP contribution in [0.3, 0.4) is 0 Å². The lowest BCUT2D eigenvalue weighted by Gasteiger charge is -2.23. The van der Waals surface area contributed by atoms with Gasteiger partial charge in [0, 0.05) is 5.69 Å². The summed E-state index contributed by atoms with van der Waals surface area (Å²) >= 11 is 1.41. The second-order valence-electron chi connectivity index (χ2n) is 6.62. The van der Waals surface area contributed by atoms with Crippen LogP contribution in [0.15, 0.2) is 66.2 Å². The number of fused-ring (bicyclic) bond motifs is 3. The first-order valence-electron chi connectivity index (χ1n) is 9.01. The van der Waals surface area contributed by atoms with Gasteiger partial charge in [0.1, 0.15) is 16.9 Å². The molecule has 28 heavy (non-hydrogen) atoms. The van der Waals surface area contributed by atoms with Crippen LogP contribution in [-0.2, 0) is 17.8 Å². The van der Waals surface area contributed by atoms with Gasteiger partial charge in [-0.2, -0.15) is 0 Å². The number of rotatable bonds is 3. The van der Waals surface area contributed by atoms with Crippen LogP contribution in [0.5, 0.6) is 0 Å². The molecule has 0 spiro atoms. The fourth-order valence-corrected chi connectivity index (χ4v) is 4.38. The van der Waals surface area contributed by atoms with E-state index in [1.807, 2.05) is 29.2 Å². The zero-order valence-corrected chi connectivity index (χ0v) is 15.8. The van der Waals surface area contributed by atoms with Crippen LogP contribution in [0.25, 0.3) is 11.2 Å². The molecule has 0 bridgehead atoms. The number of imidazole rings is 1. The molecule has 7 heteroatoms. The topological polar surface area (TPSA) is 74.8 Å². The van der Waals surface area contributed by atoms with Crippen LogP contribution < -0.4 is 4.90 Å². The van der Waals surface area contributed by atoms with Gasteiger partial charge in [-0.25, -0.2) is 15.0 Å². The Morgan fingerprint density at radius 3 is 2.68 bits per heavy atom. The summed E-state index contributed by atoms with van der Waals surface area (Å²) in [7, 11) is 0. The van der Waals surface area contributed by atoms with Crippen molar-refractivity contribution in [3.8, 4) is 0 Å². The van der Waals surface area contributed by atoms with E-state index in [9.17, 15) is 4.79 Å². The van der Waals surface area contributed by atoms with Gasteiger partial charge in [0.2, 0.25) is 5.91 Å². The van der Waals surface area contributed by atoms with E-state index in [4.69, 9.17) is 0 Å². The van der Waals surface area contributed by atoms with Crippen molar-refractivity contribution in [1.82, 2.24) is 19.9 Å². The van der Waals surface area contributed by atoms with Gasteiger partial charge in [-0.1, -0.05) is 54.2 Å². The standard InChI is InChI=1S/C21H17N5OS/c27-18(11-28-21-19-20(23-12-22-19)24-13-25-21)26-10-16-7-2-1-5-14(16)9-15-6-3-4-8-17(15)26/h1-8,12-13H,9-11H2,(H,22,23,24,25). The Kier molecular flexibility index (Phi) is 4.29. The van der Waals surface area contributed by atoms with Crippen LogP contribution in [0.1, 0.15) is 16.7 Å². The maximum absolute atomic E-state index is 13.2. The maximum atomic E-state index is 13.2. The van der Waals surface area contributed by atoms with Gasteiger partial charge in [-0.15, -0.1) is 0 Å². The summed E-state index contributed by atoms with van der Waals surface area (Å²) in [4.78, 5) is 30.7. The predicted molar refractivity (Wildman–Crippen MR) is 109 cm³/mol. The average molecular weight is 387 g/mol. The number of anilines is 1. The Hall–Kier alpha value is -3.19. The van der Waals surface area contributed by atoms with Crippen molar-refractivity contribution >= 4 is 34.5 Å². The minimum Gasteiger partial charge on any atom is -0.341 e. The van der Waals surface area contributed by atoms with Gasteiger partial charge in [0.15, 0.2) is 5.65 Å². The van der Waals surface area contributed by atoms with Crippen LogP contribution in [0.4, 0.5) is 5.69 Å². The molecule has 2 aromatic carbocycles. The number of hydrogen-bond acceptors (Lipinski definition) is 5. The lowest BCUT2D eigenvalue weighted by molar-refractivity contribution is -0.116. The largest absolute Gasteiger partial charge is 0.341 e. The molecule has 1 amide bonds. The van der Waals surface area contributed by atoms with Crippen LogP contribution >= 0.6 is 11.8 Å². The van der Waals surface area contributed by atoms with Crippen molar-refractivity contribution in [3.63, 3.8) is 0 Å². The number of para-hydroxylation sites is 1. The molecule has 1 aliphatic heterocycles. The molecular weight excluding hydrogens is 370 g/mol. The van der Waals surface area contributed by atoms with Crippen LogP contribution in [0, 0.1) is 0 Å². The molecule has 4 aromatic rings. The second-order valence-corrected chi connectivity index (χ2v) is 7.59. The van der Waals surface area contributed by atoms with Gasteiger partial charge in [-0.3, -0.25) is 4.79 Å². The summed E-state index contributed by atoms with van der Waals surface area (Å²) in [5.74, 6) is 0.349. The SMILES string of the molecule is O=C(CSc1ncnc2nc[nH]c12)N1Cc2ccccc2Cc2ccccc21. The minimum atomic E-state index is 0.0560. The third kappa shape index (κ3) is 3.03. The van der Waals surface area contributed by atoms with Crippen molar-refractivity contribution in [3.05, 3.63) is 77.9 Å². The minimum absolute atomic E-state index is 0.0560. The molecule has 2 aromatic heterocycles. The highest BCUT2D eigenvalue weighted by molar-refractivity contribution is 8.00. The smallest absolute Gasteiger partial charge is 0.237 e. The first kappa shape index (κ1) is 16.9. The molecule has 138 valence electrons. The molecular formula is C21H17N5OS. The number of amides is 1. The molecule has 1 N–H and O–H groups in total. The first-order valence-corrected chi connectivity index (χ1v) is 10.00. The maximum Gasteiger partial charge on any atom is 0.237 e. The van der Waals surface area contributed by atoms with Crippen molar-refractivity contribution in [1.29, 1.82) is 0 Å². The van der Waals surface area contributed by atoms with Crippen molar-refractivity contribution in [2.75, 3.05) is 10.7 Å². The number of carbonyl (C=O) groups excluding carboxylic acids is 1. The molecule has 0 saturated carbocycles. The number of thioether (sulfide) groups is 1. The summed E-state index contributed by atoms with van der Waals surface area (Å²) < 4.78 is 0. The molecule has 0 unspecified atom stereocenters. The van der Waals surface area contributed by atoms with Crippen molar-refractivity contribution < 1.29 is 4.79 Å². The number of H-pyrrole nitrogens is 1. The van der Waals surface area contributed by atoms with Gasteiger partial charge in [-0.05, 0) is 29.2 Å². The lowest BCUT2D eigenvalue weighted by atomic mass is 10.0. The zero-order chi connectivity index (χ0) is 18.9. The molecule has 0 saturated heterocycles. The summed E-state index contributed by atoms with van der Waals surface area (Å²) in [6.07, 6.45) is 3.91. The average Bonchev–Trinajstić information content (AvgIpc) is 3.14. The van der Waals surface area contributed by atoms with E-state index >= 15 is 0 Å². The Morgan fingerprint density at radius 2 is 1.79 bits per heavy atom. The lowest BCUT2D eigenvalue weighted by Crippen LogP contribution is -2.32. The summed E-state index contributed by atoms with van der Waals surface area (Å²) in [6, 6.07) is 16.5. The highest BCUT2D eigenvalue weighted by atomic mass is 32.2. The summed E-state index contributed by atoms with van der Waals surface area (Å²) in [5.41, 5.74) is 5.99. The fraction of sp³-hybridized carbons (Fsp3) is 0.143. The number of hydrogen-bond donors (Lipinski definition) is 1.